The number of rotatable bonds is 4. The van der Waals surface area contributed by atoms with Crippen LogP contribution in [0.25, 0.3) is 0 Å². The van der Waals surface area contributed by atoms with E-state index in [1.54, 1.807) is 0 Å². The van der Waals surface area contributed by atoms with Crippen molar-refractivity contribution in [2.24, 2.45) is 0 Å². The lowest BCUT2D eigenvalue weighted by Crippen LogP contribution is -2.42. The largest absolute Gasteiger partial charge is 0.447 e. The molecule has 130 valence electrons. The molecular weight excluding hydrogens is 328 g/mol. The first-order chi connectivity index (χ1) is 12.0. The number of carbonyl (C=O) groups is 2. The minimum atomic E-state index is -0.926. The molecule has 6 heteroatoms. The average molecular weight is 345 g/mol. The summed E-state index contributed by atoms with van der Waals surface area (Å²) in [5.41, 5.74) is 1.01. The number of benzene rings is 2. The summed E-state index contributed by atoms with van der Waals surface area (Å²) in [5.74, 6) is -3.02. The van der Waals surface area contributed by atoms with Gasteiger partial charge in [-0.05, 0) is 25.0 Å². The third kappa shape index (κ3) is 3.52. The average Bonchev–Trinajstić information content (AvgIpc) is 2.95. The minimum absolute atomic E-state index is 0.0459. The maximum atomic E-state index is 14.0. The molecule has 1 aliphatic rings. The smallest absolute Gasteiger partial charge is 0.417 e. The van der Waals surface area contributed by atoms with Crippen molar-refractivity contribution in [3.05, 3.63) is 71.3 Å². The van der Waals surface area contributed by atoms with Gasteiger partial charge >= 0.3 is 6.09 Å². The number of cyclic esters (lactones) is 1. The summed E-state index contributed by atoms with van der Waals surface area (Å²) in [4.78, 5) is 25.8. The molecule has 0 N–H and O–H groups in total. The van der Waals surface area contributed by atoms with Crippen molar-refractivity contribution in [1.29, 1.82) is 0 Å². The van der Waals surface area contributed by atoms with Gasteiger partial charge in [0.2, 0.25) is 5.91 Å². The van der Waals surface area contributed by atoms with Crippen molar-refractivity contribution < 1.29 is 23.1 Å². The van der Waals surface area contributed by atoms with E-state index in [2.05, 4.69) is 0 Å². The van der Waals surface area contributed by atoms with Crippen LogP contribution < -0.4 is 0 Å². The van der Waals surface area contributed by atoms with Gasteiger partial charge in [0, 0.05) is 11.6 Å². The Hall–Kier alpha value is -2.76. The van der Waals surface area contributed by atoms with Crippen LogP contribution in [0, 0.1) is 11.6 Å². The molecule has 1 heterocycles. The second kappa shape index (κ2) is 7.01. The van der Waals surface area contributed by atoms with Crippen LogP contribution in [-0.2, 0) is 16.0 Å². The highest BCUT2D eigenvalue weighted by Gasteiger charge is 2.40. The van der Waals surface area contributed by atoms with E-state index < -0.39 is 35.6 Å². The second-order valence-electron chi connectivity index (χ2n) is 6.02. The zero-order chi connectivity index (χ0) is 18.0. The normalized spacial score (nSPS) is 18.1. The summed E-state index contributed by atoms with van der Waals surface area (Å²) in [7, 11) is 0. The Kier molecular flexibility index (Phi) is 4.79. The molecule has 2 aromatic rings. The first-order valence-corrected chi connectivity index (χ1v) is 7.96. The van der Waals surface area contributed by atoms with Crippen LogP contribution in [0.15, 0.2) is 48.5 Å². The number of imide groups is 1. The first kappa shape index (κ1) is 17.1. The molecule has 1 saturated heterocycles. The zero-order valence-electron chi connectivity index (χ0n) is 13.6. The van der Waals surface area contributed by atoms with Crippen molar-refractivity contribution in [3.8, 4) is 0 Å². The van der Waals surface area contributed by atoms with E-state index in [1.165, 1.54) is 13.0 Å². The fourth-order valence-electron chi connectivity index (χ4n) is 2.96. The Balaban J connectivity index is 1.81. The third-order valence-electron chi connectivity index (χ3n) is 4.31. The van der Waals surface area contributed by atoms with Crippen LogP contribution in [0.3, 0.4) is 0 Å². The van der Waals surface area contributed by atoms with Gasteiger partial charge in [0.25, 0.3) is 0 Å². The van der Waals surface area contributed by atoms with Crippen LogP contribution in [-0.4, -0.2) is 29.5 Å². The Labute approximate surface area is 144 Å². The van der Waals surface area contributed by atoms with Gasteiger partial charge < -0.3 is 4.74 Å². The molecule has 1 aliphatic heterocycles. The lowest BCUT2D eigenvalue weighted by molar-refractivity contribution is -0.130. The van der Waals surface area contributed by atoms with E-state index in [4.69, 9.17) is 4.74 Å². The van der Waals surface area contributed by atoms with Gasteiger partial charge in [-0.15, -0.1) is 0 Å². The number of nitrogens with zero attached hydrogens (tertiary/aromatic N) is 1. The Morgan fingerprint density at radius 1 is 1.24 bits per heavy atom. The molecule has 0 saturated carbocycles. The van der Waals surface area contributed by atoms with Gasteiger partial charge in [0.1, 0.15) is 18.2 Å². The molecule has 2 unspecified atom stereocenters. The quantitative estimate of drug-likeness (QED) is 0.850. The molecule has 1 fully saturated rings. The molecule has 25 heavy (non-hydrogen) atoms. The molecule has 2 amide bonds. The van der Waals surface area contributed by atoms with Gasteiger partial charge in [-0.3, -0.25) is 4.79 Å². The fourth-order valence-corrected chi connectivity index (χ4v) is 2.96. The number of hydrogen-bond donors (Lipinski definition) is 0. The lowest BCUT2D eigenvalue weighted by Gasteiger charge is -2.23. The third-order valence-corrected chi connectivity index (χ3v) is 4.31. The topological polar surface area (TPSA) is 46.6 Å². The maximum Gasteiger partial charge on any atom is 0.417 e. The minimum Gasteiger partial charge on any atom is -0.447 e. The summed E-state index contributed by atoms with van der Waals surface area (Å²) in [6.45, 7) is 1.59. The SMILES string of the molecule is CC(C(=O)N1C(=O)OCC1Cc1ccccc1)c1ccc(F)cc1F. The van der Waals surface area contributed by atoms with Crippen LogP contribution in [0.4, 0.5) is 13.6 Å². The zero-order valence-corrected chi connectivity index (χ0v) is 13.6. The number of ether oxygens (including phenoxy) is 1. The Bertz CT molecular complexity index is 795. The number of halogens is 2. The van der Waals surface area contributed by atoms with Crippen molar-refractivity contribution in [3.63, 3.8) is 0 Å². The summed E-state index contributed by atoms with van der Waals surface area (Å²) < 4.78 is 32.1. The molecule has 0 spiro atoms. The van der Waals surface area contributed by atoms with E-state index in [9.17, 15) is 18.4 Å². The number of hydrogen-bond acceptors (Lipinski definition) is 3. The van der Waals surface area contributed by atoms with Crippen LogP contribution in [0.2, 0.25) is 0 Å². The molecule has 4 nitrogen and oxygen atoms in total. The molecule has 0 aromatic heterocycles. The van der Waals surface area contributed by atoms with Crippen LogP contribution in [0.5, 0.6) is 0 Å². The van der Waals surface area contributed by atoms with Gasteiger partial charge in [-0.1, -0.05) is 36.4 Å². The second-order valence-corrected chi connectivity index (χ2v) is 6.02. The van der Waals surface area contributed by atoms with Crippen molar-refractivity contribution in [2.45, 2.75) is 25.3 Å². The molecular formula is C19H17F2NO3. The Morgan fingerprint density at radius 3 is 2.64 bits per heavy atom. The van der Waals surface area contributed by atoms with Crippen molar-refractivity contribution >= 4 is 12.0 Å². The van der Waals surface area contributed by atoms with E-state index in [0.717, 1.165) is 22.6 Å². The van der Waals surface area contributed by atoms with Gasteiger partial charge in [0.15, 0.2) is 0 Å². The predicted octanol–water partition coefficient (Wildman–Crippen LogP) is 3.66. The summed E-state index contributed by atoms with van der Waals surface area (Å²) in [6.07, 6.45) is -0.281. The van der Waals surface area contributed by atoms with E-state index in [0.29, 0.717) is 6.42 Å². The molecule has 2 aromatic carbocycles. The Morgan fingerprint density at radius 2 is 1.96 bits per heavy atom. The number of carbonyl (C=O) groups excluding carboxylic acids is 2. The maximum absolute atomic E-state index is 14.0. The van der Waals surface area contributed by atoms with E-state index in [1.807, 2.05) is 30.3 Å². The fraction of sp³-hybridized carbons (Fsp3) is 0.263. The molecule has 2 atom stereocenters. The summed E-state index contributed by atoms with van der Waals surface area (Å²) in [6, 6.07) is 12.0. The van der Waals surface area contributed by atoms with E-state index >= 15 is 0 Å². The molecule has 0 bridgehead atoms. The van der Waals surface area contributed by atoms with Gasteiger partial charge in [-0.25, -0.2) is 18.5 Å². The van der Waals surface area contributed by atoms with Gasteiger partial charge in [0.05, 0.1) is 12.0 Å². The number of amides is 2. The molecule has 0 aliphatic carbocycles. The van der Waals surface area contributed by atoms with E-state index in [-0.39, 0.29) is 12.2 Å². The standard InChI is InChI=1S/C19H17F2NO3/c1-12(16-8-7-14(20)10-17(16)21)18(23)22-15(11-25-19(22)24)9-13-5-3-2-4-6-13/h2-8,10,12,15H,9,11H2,1H3. The first-order valence-electron chi connectivity index (χ1n) is 7.96. The lowest BCUT2D eigenvalue weighted by atomic mass is 9.97. The monoisotopic (exact) mass is 345 g/mol. The van der Waals surface area contributed by atoms with Crippen molar-refractivity contribution in [1.82, 2.24) is 4.90 Å². The molecule has 0 radical (unpaired) electrons. The highest BCUT2D eigenvalue weighted by molar-refractivity contribution is 5.97. The highest BCUT2D eigenvalue weighted by Crippen LogP contribution is 2.26. The summed E-state index contributed by atoms with van der Waals surface area (Å²) in [5, 5.41) is 0. The van der Waals surface area contributed by atoms with Crippen LogP contribution in [0.1, 0.15) is 24.0 Å². The highest BCUT2D eigenvalue weighted by atomic mass is 19.1. The van der Waals surface area contributed by atoms with Crippen molar-refractivity contribution in [2.75, 3.05) is 6.61 Å². The predicted molar refractivity (Wildman–Crippen MR) is 86.9 cm³/mol. The van der Waals surface area contributed by atoms with Crippen LogP contribution >= 0.6 is 0 Å². The molecule has 3 rings (SSSR count). The summed E-state index contributed by atoms with van der Waals surface area (Å²) >= 11 is 0. The van der Waals surface area contributed by atoms with Gasteiger partial charge in [-0.2, -0.15) is 0 Å².